The lowest BCUT2D eigenvalue weighted by molar-refractivity contribution is 0.0954. The zero-order valence-electron chi connectivity index (χ0n) is 10.2. The summed E-state index contributed by atoms with van der Waals surface area (Å²) in [6.07, 6.45) is 0. The van der Waals surface area contributed by atoms with Crippen molar-refractivity contribution >= 4 is 5.91 Å². The molecule has 1 amide bonds. The van der Waals surface area contributed by atoms with Crippen LogP contribution in [0.5, 0.6) is 0 Å². The van der Waals surface area contributed by atoms with Gasteiger partial charge in [0.1, 0.15) is 0 Å². The van der Waals surface area contributed by atoms with Gasteiger partial charge >= 0.3 is 0 Å². The minimum Gasteiger partial charge on any atom is -0.351 e. The number of carbonyl (C=O) groups excluding carboxylic acids is 1. The van der Waals surface area contributed by atoms with E-state index in [0.717, 1.165) is 12.1 Å². The Balaban J connectivity index is 2.64. The van der Waals surface area contributed by atoms with Gasteiger partial charge in [0.2, 0.25) is 0 Å². The lowest BCUT2D eigenvalue weighted by Gasteiger charge is -2.08. The third-order valence-electron chi connectivity index (χ3n) is 2.48. The van der Waals surface area contributed by atoms with E-state index in [1.54, 1.807) is 0 Å². The van der Waals surface area contributed by atoms with E-state index >= 15 is 0 Å². The summed E-state index contributed by atoms with van der Waals surface area (Å²) < 4.78 is 0. The van der Waals surface area contributed by atoms with Gasteiger partial charge in [-0.15, -0.1) is 0 Å². The fourth-order valence-corrected chi connectivity index (χ4v) is 1.44. The van der Waals surface area contributed by atoms with Crippen LogP contribution in [-0.4, -0.2) is 26.0 Å². The maximum atomic E-state index is 11.8. The van der Waals surface area contributed by atoms with E-state index < -0.39 is 0 Å². The van der Waals surface area contributed by atoms with Crippen LogP contribution in [0, 0.1) is 0 Å². The molecule has 0 heterocycles. The largest absolute Gasteiger partial charge is 0.351 e. The number of hydrogen-bond donors (Lipinski definition) is 2. The van der Waals surface area contributed by atoms with Gasteiger partial charge in [0.25, 0.3) is 5.91 Å². The summed E-state index contributed by atoms with van der Waals surface area (Å²) >= 11 is 0. The molecule has 3 heteroatoms. The Hall–Kier alpha value is -1.35. The molecule has 0 aliphatic heterocycles. The van der Waals surface area contributed by atoms with Crippen LogP contribution in [0.25, 0.3) is 0 Å². The van der Waals surface area contributed by atoms with Gasteiger partial charge in [-0.2, -0.15) is 0 Å². The zero-order chi connectivity index (χ0) is 12.0. The molecule has 0 atom stereocenters. The maximum Gasteiger partial charge on any atom is 0.251 e. The highest BCUT2D eigenvalue weighted by Gasteiger charge is 2.06. The van der Waals surface area contributed by atoms with Gasteiger partial charge in [-0.3, -0.25) is 4.79 Å². The van der Waals surface area contributed by atoms with Crippen molar-refractivity contribution in [2.75, 3.05) is 20.1 Å². The van der Waals surface area contributed by atoms with Crippen LogP contribution in [0.3, 0.4) is 0 Å². The van der Waals surface area contributed by atoms with Gasteiger partial charge in [0, 0.05) is 18.7 Å². The molecule has 0 spiro atoms. The first kappa shape index (κ1) is 12.7. The van der Waals surface area contributed by atoms with Crippen molar-refractivity contribution in [3.63, 3.8) is 0 Å². The van der Waals surface area contributed by atoms with Crippen LogP contribution in [0.15, 0.2) is 24.3 Å². The van der Waals surface area contributed by atoms with Crippen LogP contribution < -0.4 is 10.6 Å². The lowest BCUT2D eigenvalue weighted by atomic mass is 10.0. The second-order valence-corrected chi connectivity index (χ2v) is 4.14. The smallest absolute Gasteiger partial charge is 0.251 e. The zero-order valence-corrected chi connectivity index (χ0v) is 10.2. The summed E-state index contributed by atoms with van der Waals surface area (Å²) in [4.78, 5) is 11.8. The van der Waals surface area contributed by atoms with E-state index in [-0.39, 0.29) is 5.91 Å². The summed E-state index contributed by atoms with van der Waals surface area (Å²) in [7, 11) is 1.87. The van der Waals surface area contributed by atoms with Crippen molar-refractivity contribution in [1.29, 1.82) is 0 Å². The molecule has 0 aliphatic rings. The number of rotatable bonds is 5. The predicted molar refractivity (Wildman–Crippen MR) is 66.8 cm³/mol. The third-order valence-corrected chi connectivity index (χ3v) is 2.48. The standard InChI is InChI=1S/C13H20N2O/c1-10(2)11-5-4-6-12(9-11)13(16)15-8-7-14-3/h4-6,9-10,14H,7-8H2,1-3H3,(H,15,16). The average Bonchev–Trinajstić information content (AvgIpc) is 2.29. The van der Waals surface area contributed by atoms with Gasteiger partial charge in [-0.25, -0.2) is 0 Å². The molecule has 0 bridgehead atoms. The molecule has 1 aromatic carbocycles. The lowest BCUT2D eigenvalue weighted by Crippen LogP contribution is -2.30. The quantitative estimate of drug-likeness (QED) is 0.742. The first-order valence-electron chi connectivity index (χ1n) is 5.68. The molecular formula is C13H20N2O. The summed E-state index contributed by atoms with van der Waals surface area (Å²) in [5, 5.41) is 5.85. The van der Waals surface area contributed by atoms with E-state index in [4.69, 9.17) is 0 Å². The van der Waals surface area contributed by atoms with E-state index in [1.807, 2.05) is 25.2 Å². The Bertz CT molecular complexity index is 348. The van der Waals surface area contributed by atoms with Crippen LogP contribution in [0.4, 0.5) is 0 Å². The first-order valence-corrected chi connectivity index (χ1v) is 5.68. The van der Waals surface area contributed by atoms with Crippen molar-refractivity contribution in [2.45, 2.75) is 19.8 Å². The van der Waals surface area contributed by atoms with Crippen molar-refractivity contribution in [2.24, 2.45) is 0 Å². The van der Waals surface area contributed by atoms with Crippen LogP contribution in [-0.2, 0) is 0 Å². The minimum absolute atomic E-state index is 0.00208. The van der Waals surface area contributed by atoms with Gasteiger partial charge in [-0.05, 0) is 30.7 Å². The monoisotopic (exact) mass is 220 g/mol. The number of carbonyl (C=O) groups is 1. The fraction of sp³-hybridized carbons (Fsp3) is 0.462. The fourth-order valence-electron chi connectivity index (χ4n) is 1.44. The molecular weight excluding hydrogens is 200 g/mol. The molecule has 0 unspecified atom stereocenters. The Morgan fingerprint density at radius 3 is 2.69 bits per heavy atom. The molecule has 0 fully saturated rings. The summed E-state index contributed by atoms with van der Waals surface area (Å²) in [6.45, 7) is 5.69. The molecule has 3 nitrogen and oxygen atoms in total. The van der Waals surface area contributed by atoms with Gasteiger partial charge < -0.3 is 10.6 Å². The van der Waals surface area contributed by atoms with E-state index in [1.165, 1.54) is 5.56 Å². The van der Waals surface area contributed by atoms with Gasteiger partial charge in [-0.1, -0.05) is 26.0 Å². The first-order chi connectivity index (χ1) is 7.65. The van der Waals surface area contributed by atoms with E-state index in [9.17, 15) is 4.79 Å². The highest BCUT2D eigenvalue weighted by atomic mass is 16.1. The summed E-state index contributed by atoms with van der Waals surface area (Å²) in [6, 6.07) is 7.79. The van der Waals surface area contributed by atoms with Gasteiger partial charge in [0.05, 0.1) is 0 Å². The normalized spacial score (nSPS) is 10.5. The highest BCUT2D eigenvalue weighted by molar-refractivity contribution is 5.94. The molecule has 1 aromatic rings. The predicted octanol–water partition coefficient (Wildman–Crippen LogP) is 1.76. The second kappa shape index (κ2) is 6.28. The minimum atomic E-state index is -0.00208. The summed E-state index contributed by atoms with van der Waals surface area (Å²) in [5.74, 6) is 0.447. The van der Waals surface area contributed by atoms with Crippen molar-refractivity contribution < 1.29 is 4.79 Å². The molecule has 0 aromatic heterocycles. The van der Waals surface area contributed by atoms with Gasteiger partial charge in [0.15, 0.2) is 0 Å². The number of amides is 1. The Labute approximate surface area is 97.2 Å². The SMILES string of the molecule is CNCCNC(=O)c1cccc(C(C)C)c1. The second-order valence-electron chi connectivity index (χ2n) is 4.14. The Morgan fingerprint density at radius 1 is 1.31 bits per heavy atom. The molecule has 1 rings (SSSR count). The number of nitrogens with one attached hydrogen (secondary N) is 2. The van der Waals surface area contributed by atoms with Crippen LogP contribution in [0.1, 0.15) is 35.7 Å². The van der Waals surface area contributed by atoms with E-state index in [2.05, 4.69) is 30.5 Å². The molecule has 0 radical (unpaired) electrons. The number of hydrogen-bond acceptors (Lipinski definition) is 2. The van der Waals surface area contributed by atoms with Crippen molar-refractivity contribution in [1.82, 2.24) is 10.6 Å². The molecule has 16 heavy (non-hydrogen) atoms. The van der Waals surface area contributed by atoms with E-state index in [0.29, 0.717) is 12.5 Å². The van der Waals surface area contributed by atoms with Crippen LogP contribution in [0.2, 0.25) is 0 Å². The highest BCUT2D eigenvalue weighted by Crippen LogP contribution is 2.15. The molecule has 0 saturated heterocycles. The molecule has 0 aliphatic carbocycles. The van der Waals surface area contributed by atoms with Crippen LogP contribution >= 0.6 is 0 Å². The summed E-state index contributed by atoms with van der Waals surface area (Å²) in [5.41, 5.74) is 1.93. The maximum absolute atomic E-state index is 11.8. The number of benzene rings is 1. The average molecular weight is 220 g/mol. The Morgan fingerprint density at radius 2 is 2.06 bits per heavy atom. The van der Waals surface area contributed by atoms with Crippen molar-refractivity contribution in [3.05, 3.63) is 35.4 Å². The number of likely N-dealkylation sites (N-methyl/N-ethyl adjacent to an activating group) is 1. The molecule has 88 valence electrons. The third kappa shape index (κ3) is 3.66. The molecule has 2 N–H and O–H groups in total. The van der Waals surface area contributed by atoms with Crippen molar-refractivity contribution in [3.8, 4) is 0 Å². The topological polar surface area (TPSA) is 41.1 Å². The molecule has 0 saturated carbocycles. The Kier molecular flexibility index (Phi) is 4.99.